The fraction of sp³-hybridized carbons (Fsp3) is 0.700. The topological polar surface area (TPSA) is 94.8 Å². The minimum absolute atomic E-state index is 0.0535. The van der Waals surface area contributed by atoms with Crippen LogP contribution >= 0.6 is 0 Å². The normalized spacial score (nSPS) is 25.2. The number of hydrogen-bond donors (Lipinski definition) is 3. The van der Waals surface area contributed by atoms with Crippen molar-refractivity contribution < 1.29 is 24.9 Å². The maximum absolute atomic E-state index is 12.1. The molecule has 0 amide bonds. The first-order valence-electron chi connectivity index (χ1n) is 9.39. The van der Waals surface area contributed by atoms with Crippen LogP contribution in [-0.2, 0) is 9.59 Å². The summed E-state index contributed by atoms with van der Waals surface area (Å²) in [5.41, 5.74) is 0. The number of aliphatic carboxylic acids is 1. The van der Waals surface area contributed by atoms with Crippen LogP contribution in [0.25, 0.3) is 0 Å². The van der Waals surface area contributed by atoms with Gasteiger partial charge in [-0.3, -0.25) is 9.59 Å². The second-order valence-electron chi connectivity index (χ2n) is 6.86. The molecule has 0 aromatic rings. The van der Waals surface area contributed by atoms with Gasteiger partial charge in [0.2, 0.25) is 0 Å². The molecule has 0 heterocycles. The molecule has 4 atom stereocenters. The number of carbonyl (C=O) groups is 2. The number of rotatable bonds is 12. The van der Waals surface area contributed by atoms with Gasteiger partial charge in [0.05, 0.1) is 12.2 Å². The van der Waals surface area contributed by atoms with Gasteiger partial charge in [0.15, 0.2) is 0 Å². The number of carbonyl (C=O) groups excluding carboxylic acids is 1. The number of carboxylic acids is 1. The molecule has 3 N–H and O–H groups in total. The lowest BCUT2D eigenvalue weighted by Crippen LogP contribution is -2.18. The molecule has 0 aliphatic heterocycles. The Bertz CT molecular complexity index is 469. The van der Waals surface area contributed by atoms with Crippen LogP contribution in [0.1, 0.15) is 64.7 Å². The van der Waals surface area contributed by atoms with Crippen LogP contribution in [-0.4, -0.2) is 39.3 Å². The number of Topliss-reactive ketones (excluding diaryl/α,β-unsaturated/α-hetero) is 1. The number of allylic oxidation sites excluding steroid dienone is 2. The quantitative estimate of drug-likeness (QED) is 0.370. The van der Waals surface area contributed by atoms with E-state index in [0.29, 0.717) is 25.7 Å². The molecular weight excluding hydrogens is 320 g/mol. The van der Waals surface area contributed by atoms with Crippen molar-refractivity contribution in [1.82, 2.24) is 0 Å². The maximum atomic E-state index is 12.1. The summed E-state index contributed by atoms with van der Waals surface area (Å²) in [4.78, 5) is 22.5. The van der Waals surface area contributed by atoms with Crippen molar-refractivity contribution in [1.29, 1.82) is 0 Å². The van der Waals surface area contributed by atoms with Crippen LogP contribution in [0.2, 0.25) is 0 Å². The summed E-state index contributed by atoms with van der Waals surface area (Å²) < 4.78 is 0. The Morgan fingerprint density at radius 2 is 2.04 bits per heavy atom. The minimum atomic E-state index is -0.801. The van der Waals surface area contributed by atoms with Gasteiger partial charge in [0, 0.05) is 24.7 Å². The van der Waals surface area contributed by atoms with E-state index in [1.165, 1.54) is 0 Å². The third kappa shape index (κ3) is 8.45. The number of unbranched alkanes of at least 4 members (excludes halogenated alkanes) is 3. The van der Waals surface area contributed by atoms with Gasteiger partial charge in [-0.2, -0.15) is 0 Å². The molecule has 5 heteroatoms. The molecule has 1 aliphatic carbocycles. The van der Waals surface area contributed by atoms with Crippen molar-refractivity contribution in [2.24, 2.45) is 11.8 Å². The number of ketones is 1. The van der Waals surface area contributed by atoms with E-state index in [2.05, 4.69) is 6.92 Å². The Hall–Kier alpha value is -1.46. The van der Waals surface area contributed by atoms with Crippen LogP contribution in [0.4, 0.5) is 0 Å². The maximum Gasteiger partial charge on any atom is 0.303 e. The first-order valence-corrected chi connectivity index (χ1v) is 9.39. The zero-order valence-corrected chi connectivity index (χ0v) is 15.1. The van der Waals surface area contributed by atoms with Crippen molar-refractivity contribution in [2.45, 2.75) is 76.9 Å². The predicted octanol–water partition coefficient (Wildman–Crippen LogP) is 3.25. The molecule has 0 bridgehead atoms. The van der Waals surface area contributed by atoms with Gasteiger partial charge in [-0.25, -0.2) is 0 Å². The molecule has 3 unspecified atom stereocenters. The van der Waals surface area contributed by atoms with Crippen molar-refractivity contribution in [2.75, 3.05) is 0 Å². The van der Waals surface area contributed by atoms with Crippen molar-refractivity contribution in [3.05, 3.63) is 24.3 Å². The van der Waals surface area contributed by atoms with Crippen LogP contribution in [0.15, 0.2) is 24.3 Å². The highest BCUT2D eigenvalue weighted by molar-refractivity contribution is 5.84. The molecule has 0 saturated heterocycles. The highest BCUT2D eigenvalue weighted by Crippen LogP contribution is 2.33. The largest absolute Gasteiger partial charge is 0.481 e. The molecular formula is C20H32O5. The van der Waals surface area contributed by atoms with Crippen molar-refractivity contribution in [3.8, 4) is 0 Å². The molecule has 0 aromatic carbocycles. The van der Waals surface area contributed by atoms with Crippen molar-refractivity contribution >= 4 is 11.8 Å². The molecule has 1 rings (SSSR count). The number of aliphatic hydroxyl groups is 2. The molecule has 0 spiro atoms. The summed E-state index contributed by atoms with van der Waals surface area (Å²) in [5, 5.41) is 28.7. The number of aliphatic hydroxyl groups excluding tert-OH is 2. The van der Waals surface area contributed by atoms with Gasteiger partial charge in [-0.15, -0.1) is 0 Å². The van der Waals surface area contributed by atoms with E-state index in [0.717, 1.165) is 19.3 Å². The van der Waals surface area contributed by atoms with Crippen LogP contribution in [0.3, 0.4) is 0 Å². The molecule has 5 nitrogen and oxygen atoms in total. The first-order chi connectivity index (χ1) is 12.0. The third-order valence-corrected chi connectivity index (χ3v) is 4.71. The lowest BCUT2D eigenvalue weighted by molar-refractivity contribution is -0.137. The summed E-state index contributed by atoms with van der Waals surface area (Å²) in [6, 6.07) is 0. The summed E-state index contributed by atoms with van der Waals surface area (Å²) >= 11 is 0. The first kappa shape index (κ1) is 21.6. The van der Waals surface area contributed by atoms with Crippen LogP contribution in [0, 0.1) is 11.8 Å². The smallest absolute Gasteiger partial charge is 0.303 e. The molecule has 25 heavy (non-hydrogen) atoms. The Morgan fingerprint density at radius 3 is 2.72 bits per heavy atom. The van der Waals surface area contributed by atoms with Gasteiger partial charge in [0.25, 0.3) is 0 Å². The van der Waals surface area contributed by atoms with E-state index in [1.54, 1.807) is 12.2 Å². The Morgan fingerprint density at radius 1 is 1.28 bits per heavy atom. The summed E-state index contributed by atoms with van der Waals surface area (Å²) in [5.74, 6) is -1.26. The number of carboxylic acid groups (broad SMARTS) is 1. The molecule has 142 valence electrons. The number of hydrogen-bond acceptors (Lipinski definition) is 4. The molecule has 1 saturated carbocycles. The second kappa shape index (κ2) is 12.0. The Kier molecular flexibility index (Phi) is 10.3. The van der Waals surface area contributed by atoms with E-state index in [9.17, 15) is 19.8 Å². The van der Waals surface area contributed by atoms with E-state index >= 15 is 0 Å². The monoisotopic (exact) mass is 352 g/mol. The van der Waals surface area contributed by atoms with E-state index < -0.39 is 18.2 Å². The van der Waals surface area contributed by atoms with E-state index in [4.69, 9.17) is 5.11 Å². The molecule has 1 aliphatic rings. The van der Waals surface area contributed by atoms with E-state index in [-0.39, 0.29) is 30.5 Å². The lowest BCUT2D eigenvalue weighted by Gasteiger charge is -2.16. The fourth-order valence-electron chi connectivity index (χ4n) is 3.22. The van der Waals surface area contributed by atoms with E-state index in [1.807, 2.05) is 12.2 Å². The van der Waals surface area contributed by atoms with Gasteiger partial charge >= 0.3 is 5.97 Å². The molecule has 0 aromatic heterocycles. The minimum Gasteiger partial charge on any atom is -0.481 e. The SMILES string of the molecule is CCCCCC(O)/C=C/[C@@H]1C(O)CC(=O)C1C/C=C\CCCC(=O)O. The van der Waals surface area contributed by atoms with Gasteiger partial charge in [0.1, 0.15) is 5.78 Å². The Labute approximate surface area is 150 Å². The third-order valence-electron chi connectivity index (χ3n) is 4.71. The summed E-state index contributed by atoms with van der Waals surface area (Å²) in [6.45, 7) is 2.11. The van der Waals surface area contributed by atoms with Crippen molar-refractivity contribution in [3.63, 3.8) is 0 Å². The standard InChI is InChI=1S/C20H32O5/c1-2-3-6-9-15(21)12-13-17-16(18(22)14-19(17)23)10-7-4-5-8-11-20(24)25/h4,7,12-13,15-17,19,21,23H,2-3,5-6,8-11,14H2,1H3,(H,24,25)/b7-4-,13-12+/t15?,16?,17-,19?/m0/s1. The van der Waals surface area contributed by atoms with Gasteiger partial charge in [-0.1, -0.05) is 50.5 Å². The summed E-state index contributed by atoms with van der Waals surface area (Å²) in [6.07, 6.45) is 12.1. The van der Waals surface area contributed by atoms with Gasteiger partial charge < -0.3 is 15.3 Å². The summed E-state index contributed by atoms with van der Waals surface area (Å²) in [7, 11) is 0. The van der Waals surface area contributed by atoms with Gasteiger partial charge in [-0.05, 0) is 25.7 Å². The fourth-order valence-corrected chi connectivity index (χ4v) is 3.22. The Balaban J connectivity index is 2.48. The molecule has 0 radical (unpaired) electrons. The average molecular weight is 352 g/mol. The van der Waals surface area contributed by atoms with Crippen LogP contribution < -0.4 is 0 Å². The molecule has 1 fully saturated rings. The highest BCUT2D eigenvalue weighted by atomic mass is 16.4. The second-order valence-corrected chi connectivity index (χ2v) is 6.86. The van der Waals surface area contributed by atoms with Crippen LogP contribution in [0.5, 0.6) is 0 Å². The predicted molar refractivity (Wildman–Crippen MR) is 97.1 cm³/mol. The highest BCUT2D eigenvalue weighted by Gasteiger charge is 2.39. The zero-order valence-electron chi connectivity index (χ0n) is 15.1. The average Bonchev–Trinajstić information content (AvgIpc) is 2.82. The lowest BCUT2D eigenvalue weighted by atomic mass is 9.90. The zero-order chi connectivity index (χ0) is 18.7.